The zero-order chi connectivity index (χ0) is 10.7. The van der Waals surface area contributed by atoms with Crippen molar-refractivity contribution in [3.05, 3.63) is 57.7 Å². The molecule has 0 bridgehead atoms. The normalized spacial score (nSPS) is 12.4. The molecule has 0 aliphatic carbocycles. The molecule has 0 saturated heterocycles. The maximum Gasteiger partial charge on any atom is 0.115 e. The minimum atomic E-state index is -0.150. The Balaban J connectivity index is 2.29. The van der Waals surface area contributed by atoms with E-state index in [2.05, 4.69) is 32.6 Å². The lowest BCUT2D eigenvalue weighted by Crippen LogP contribution is -2.12. The molecule has 2 N–H and O–H groups in total. The van der Waals surface area contributed by atoms with Gasteiger partial charge < -0.3 is 5.73 Å². The predicted molar refractivity (Wildman–Crippen MR) is 67.2 cm³/mol. The maximum atomic E-state index is 6.08. The Morgan fingerprint density at radius 3 is 2.20 bits per heavy atom. The zero-order valence-corrected chi connectivity index (χ0v) is 10.1. The van der Waals surface area contributed by atoms with Crippen LogP contribution in [-0.4, -0.2) is 9.97 Å². The molecule has 2 aromatic rings. The van der Waals surface area contributed by atoms with E-state index in [-0.39, 0.29) is 6.04 Å². The zero-order valence-electron chi connectivity index (χ0n) is 7.97. The number of benzene rings is 1. The fraction of sp³-hybridized carbons (Fsp3) is 0.0909. The van der Waals surface area contributed by atoms with E-state index in [0.717, 1.165) is 11.1 Å². The van der Waals surface area contributed by atoms with Gasteiger partial charge in [-0.25, -0.2) is 9.97 Å². The van der Waals surface area contributed by atoms with E-state index in [1.54, 1.807) is 12.4 Å². The summed E-state index contributed by atoms with van der Waals surface area (Å²) in [5, 5.41) is 0. The number of aromatic nitrogens is 2. The summed E-state index contributed by atoms with van der Waals surface area (Å²) in [6.07, 6.45) is 5.00. The van der Waals surface area contributed by atoms with Gasteiger partial charge in [-0.1, -0.05) is 12.1 Å². The van der Waals surface area contributed by atoms with Crippen LogP contribution in [0.1, 0.15) is 17.2 Å². The van der Waals surface area contributed by atoms with Crippen molar-refractivity contribution in [2.45, 2.75) is 6.04 Å². The highest BCUT2D eigenvalue weighted by Gasteiger charge is 2.08. The number of rotatable bonds is 2. The van der Waals surface area contributed by atoms with Crippen molar-refractivity contribution in [2.24, 2.45) is 5.73 Å². The molecule has 0 spiro atoms. The first-order valence-electron chi connectivity index (χ1n) is 4.53. The van der Waals surface area contributed by atoms with Crippen LogP contribution in [0.5, 0.6) is 0 Å². The summed E-state index contributed by atoms with van der Waals surface area (Å²) < 4.78 is 1.20. The smallest absolute Gasteiger partial charge is 0.115 e. The summed E-state index contributed by atoms with van der Waals surface area (Å²) >= 11 is 2.27. The third-order valence-corrected chi connectivity index (χ3v) is 2.89. The Morgan fingerprint density at radius 1 is 1.00 bits per heavy atom. The van der Waals surface area contributed by atoms with E-state index in [1.807, 2.05) is 24.3 Å². The highest BCUT2D eigenvalue weighted by Crippen LogP contribution is 2.18. The van der Waals surface area contributed by atoms with Gasteiger partial charge in [0, 0.05) is 21.5 Å². The van der Waals surface area contributed by atoms with Gasteiger partial charge in [0.1, 0.15) is 6.33 Å². The van der Waals surface area contributed by atoms with E-state index in [4.69, 9.17) is 5.73 Å². The Hall–Kier alpha value is -1.01. The van der Waals surface area contributed by atoms with Gasteiger partial charge in [-0.2, -0.15) is 0 Å². The molecular formula is C11H10IN3. The maximum absolute atomic E-state index is 6.08. The molecule has 2 rings (SSSR count). The van der Waals surface area contributed by atoms with Crippen LogP contribution >= 0.6 is 22.6 Å². The standard InChI is InChI=1S/C11H10IN3/c12-10-3-1-8(2-4-10)11(13)9-5-14-7-15-6-9/h1-7,11H,13H2. The minimum Gasteiger partial charge on any atom is -0.320 e. The molecule has 0 fully saturated rings. The molecule has 1 heterocycles. The van der Waals surface area contributed by atoms with Crippen LogP contribution in [0.15, 0.2) is 43.0 Å². The van der Waals surface area contributed by atoms with Gasteiger partial charge in [-0.15, -0.1) is 0 Å². The largest absolute Gasteiger partial charge is 0.320 e. The van der Waals surface area contributed by atoms with Gasteiger partial charge >= 0.3 is 0 Å². The van der Waals surface area contributed by atoms with Gasteiger partial charge in [-0.05, 0) is 40.3 Å². The molecule has 1 aromatic heterocycles. The first-order chi connectivity index (χ1) is 7.27. The second kappa shape index (κ2) is 4.67. The molecule has 0 aliphatic rings. The first-order valence-corrected chi connectivity index (χ1v) is 5.61. The van der Waals surface area contributed by atoms with Gasteiger partial charge in [0.2, 0.25) is 0 Å². The lowest BCUT2D eigenvalue weighted by Gasteiger charge is -2.11. The van der Waals surface area contributed by atoms with Crippen LogP contribution in [0.2, 0.25) is 0 Å². The summed E-state index contributed by atoms with van der Waals surface area (Å²) in [4.78, 5) is 7.91. The first kappa shape index (κ1) is 10.5. The van der Waals surface area contributed by atoms with Crippen LogP contribution in [0, 0.1) is 3.57 Å². The summed E-state index contributed by atoms with van der Waals surface area (Å²) in [6, 6.07) is 7.99. The SMILES string of the molecule is NC(c1ccc(I)cc1)c1cncnc1. The molecule has 0 radical (unpaired) electrons. The molecule has 1 aromatic carbocycles. The van der Waals surface area contributed by atoms with Gasteiger partial charge in [0.05, 0.1) is 6.04 Å². The molecular weight excluding hydrogens is 301 g/mol. The van der Waals surface area contributed by atoms with E-state index >= 15 is 0 Å². The summed E-state index contributed by atoms with van der Waals surface area (Å²) in [5.74, 6) is 0. The van der Waals surface area contributed by atoms with Gasteiger partial charge in [0.25, 0.3) is 0 Å². The van der Waals surface area contributed by atoms with Crippen LogP contribution in [0.25, 0.3) is 0 Å². The van der Waals surface area contributed by atoms with Crippen molar-refractivity contribution in [3.8, 4) is 0 Å². The summed E-state index contributed by atoms with van der Waals surface area (Å²) in [7, 11) is 0. The molecule has 0 saturated carbocycles. The molecule has 0 amide bonds. The molecule has 1 unspecified atom stereocenters. The minimum absolute atomic E-state index is 0.150. The molecule has 3 nitrogen and oxygen atoms in total. The average Bonchev–Trinajstić information content (AvgIpc) is 2.30. The number of hydrogen-bond donors (Lipinski definition) is 1. The number of hydrogen-bond acceptors (Lipinski definition) is 3. The second-order valence-electron chi connectivity index (χ2n) is 3.20. The van der Waals surface area contributed by atoms with Crippen molar-refractivity contribution < 1.29 is 0 Å². The van der Waals surface area contributed by atoms with E-state index in [1.165, 1.54) is 9.90 Å². The van der Waals surface area contributed by atoms with Crippen molar-refractivity contribution in [3.63, 3.8) is 0 Å². The Labute approximate surface area is 102 Å². The second-order valence-corrected chi connectivity index (χ2v) is 4.45. The van der Waals surface area contributed by atoms with Crippen molar-refractivity contribution in [2.75, 3.05) is 0 Å². The van der Waals surface area contributed by atoms with Crippen molar-refractivity contribution in [1.82, 2.24) is 9.97 Å². The van der Waals surface area contributed by atoms with E-state index in [0.29, 0.717) is 0 Å². The summed E-state index contributed by atoms with van der Waals surface area (Å²) in [5.41, 5.74) is 8.09. The topological polar surface area (TPSA) is 51.8 Å². The summed E-state index contributed by atoms with van der Waals surface area (Å²) in [6.45, 7) is 0. The third-order valence-electron chi connectivity index (χ3n) is 2.17. The molecule has 15 heavy (non-hydrogen) atoms. The Kier molecular flexibility index (Phi) is 3.27. The van der Waals surface area contributed by atoms with E-state index < -0.39 is 0 Å². The quantitative estimate of drug-likeness (QED) is 0.865. The monoisotopic (exact) mass is 311 g/mol. The van der Waals surface area contributed by atoms with Crippen molar-refractivity contribution >= 4 is 22.6 Å². The van der Waals surface area contributed by atoms with Crippen LogP contribution in [-0.2, 0) is 0 Å². The van der Waals surface area contributed by atoms with Gasteiger partial charge in [0.15, 0.2) is 0 Å². The number of halogens is 1. The third kappa shape index (κ3) is 2.51. The van der Waals surface area contributed by atoms with Crippen LogP contribution < -0.4 is 5.73 Å². The highest BCUT2D eigenvalue weighted by molar-refractivity contribution is 14.1. The molecule has 0 aliphatic heterocycles. The van der Waals surface area contributed by atoms with Gasteiger partial charge in [-0.3, -0.25) is 0 Å². The molecule has 76 valence electrons. The fourth-order valence-electron chi connectivity index (χ4n) is 1.33. The number of nitrogens with two attached hydrogens (primary N) is 1. The van der Waals surface area contributed by atoms with E-state index in [9.17, 15) is 0 Å². The molecule has 4 heteroatoms. The van der Waals surface area contributed by atoms with Crippen molar-refractivity contribution in [1.29, 1.82) is 0 Å². The van der Waals surface area contributed by atoms with Crippen LogP contribution in [0.4, 0.5) is 0 Å². The number of nitrogens with zero attached hydrogens (tertiary/aromatic N) is 2. The predicted octanol–water partition coefficient (Wildman–Crippen LogP) is 2.13. The Bertz CT molecular complexity index is 427. The highest BCUT2D eigenvalue weighted by atomic mass is 127. The average molecular weight is 311 g/mol. The fourth-order valence-corrected chi connectivity index (χ4v) is 1.69. The molecule has 1 atom stereocenters. The van der Waals surface area contributed by atoms with Crippen LogP contribution in [0.3, 0.4) is 0 Å². The lowest BCUT2D eigenvalue weighted by molar-refractivity contribution is 0.850. The Morgan fingerprint density at radius 2 is 1.60 bits per heavy atom. The lowest BCUT2D eigenvalue weighted by atomic mass is 10.0.